The van der Waals surface area contributed by atoms with Crippen molar-refractivity contribution in [2.75, 3.05) is 0 Å². The van der Waals surface area contributed by atoms with Crippen LogP contribution in [-0.4, -0.2) is 28.2 Å². The molecular formula is C14H17N3O3S. The molecule has 0 spiro atoms. The summed E-state index contributed by atoms with van der Waals surface area (Å²) in [5.74, 6) is 0. The van der Waals surface area contributed by atoms with Crippen LogP contribution in [0.15, 0.2) is 22.2 Å². The number of aromatic nitrogens is 3. The van der Waals surface area contributed by atoms with Gasteiger partial charge >= 0.3 is 0 Å². The van der Waals surface area contributed by atoms with Gasteiger partial charge in [-0.15, -0.1) is 0 Å². The van der Waals surface area contributed by atoms with Crippen LogP contribution in [-0.2, 0) is 9.84 Å². The van der Waals surface area contributed by atoms with Gasteiger partial charge in [0, 0.05) is 17.6 Å². The number of hydrogen-bond acceptors (Lipinski definition) is 5. The van der Waals surface area contributed by atoms with Gasteiger partial charge in [-0.2, -0.15) is 4.98 Å². The predicted molar refractivity (Wildman–Crippen MR) is 79.1 cm³/mol. The first kappa shape index (κ1) is 14.2. The molecule has 0 N–H and O–H groups in total. The van der Waals surface area contributed by atoms with E-state index in [9.17, 15) is 13.2 Å². The molecular weight excluding hydrogens is 290 g/mol. The van der Waals surface area contributed by atoms with Crippen LogP contribution in [0.1, 0.15) is 38.3 Å². The Bertz CT molecular complexity index is 902. The molecule has 0 aromatic carbocycles. The fourth-order valence-electron chi connectivity index (χ4n) is 3.41. The quantitative estimate of drug-likeness (QED) is 0.691. The molecule has 4 rings (SSSR count). The van der Waals surface area contributed by atoms with Crippen molar-refractivity contribution in [1.29, 1.82) is 0 Å². The smallest absolute Gasteiger partial charge is 0.252 e. The summed E-state index contributed by atoms with van der Waals surface area (Å²) in [4.78, 5) is 20.5. The topological polar surface area (TPSA) is 81.9 Å². The molecule has 2 unspecified atom stereocenters. The number of pyridine rings is 1. The van der Waals surface area contributed by atoms with Crippen LogP contribution >= 0.6 is 0 Å². The van der Waals surface area contributed by atoms with Gasteiger partial charge in [-0.25, -0.2) is 13.4 Å². The van der Waals surface area contributed by atoms with E-state index in [2.05, 4.69) is 9.97 Å². The largest absolute Gasteiger partial charge is 0.288 e. The van der Waals surface area contributed by atoms with E-state index < -0.39 is 15.1 Å². The fourth-order valence-corrected chi connectivity index (χ4v) is 5.25. The summed E-state index contributed by atoms with van der Waals surface area (Å²) >= 11 is 0. The average molecular weight is 307 g/mol. The highest BCUT2D eigenvalue weighted by Gasteiger charge is 2.44. The molecule has 1 aliphatic heterocycles. The number of sulfone groups is 1. The van der Waals surface area contributed by atoms with E-state index in [1.165, 1.54) is 6.20 Å². The van der Waals surface area contributed by atoms with Crippen molar-refractivity contribution in [3.8, 4) is 0 Å². The van der Waals surface area contributed by atoms with Gasteiger partial charge in [-0.1, -0.05) is 7.43 Å². The molecule has 0 radical (unpaired) electrons. The minimum Gasteiger partial charge on any atom is -0.288 e. The SMILES string of the molecule is C.Cc1cc(=O)n2c3nc(ncc13)S(=O)(=O)C1CCCC12. The minimum atomic E-state index is -3.55. The summed E-state index contributed by atoms with van der Waals surface area (Å²) < 4.78 is 26.7. The number of rotatable bonds is 0. The normalized spacial score (nSPS) is 25.4. The molecule has 3 heterocycles. The van der Waals surface area contributed by atoms with E-state index in [0.717, 1.165) is 17.4 Å². The summed E-state index contributed by atoms with van der Waals surface area (Å²) in [5.41, 5.74) is 1.06. The Hall–Kier alpha value is -1.76. The van der Waals surface area contributed by atoms with Gasteiger partial charge in [0.1, 0.15) is 5.65 Å². The van der Waals surface area contributed by atoms with Crippen molar-refractivity contribution in [2.24, 2.45) is 0 Å². The Balaban J connectivity index is 0.00000132. The monoisotopic (exact) mass is 307 g/mol. The third kappa shape index (κ3) is 1.70. The zero-order valence-corrected chi connectivity index (χ0v) is 11.7. The Morgan fingerprint density at radius 1 is 1.33 bits per heavy atom. The third-order valence-corrected chi connectivity index (χ3v) is 6.43. The molecule has 2 aromatic rings. The first-order valence-corrected chi connectivity index (χ1v) is 8.17. The summed E-state index contributed by atoms with van der Waals surface area (Å²) in [6, 6.07) is 1.23. The molecule has 112 valence electrons. The zero-order valence-electron chi connectivity index (χ0n) is 10.9. The molecule has 0 amide bonds. The van der Waals surface area contributed by atoms with Gasteiger partial charge in [0.25, 0.3) is 5.56 Å². The molecule has 1 saturated carbocycles. The van der Waals surface area contributed by atoms with Gasteiger partial charge in [-0.05, 0) is 31.7 Å². The number of hydrogen-bond donors (Lipinski definition) is 0. The van der Waals surface area contributed by atoms with Crippen LogP contribution < -0.4 is 5.56 Å². The lowest BCUT2D eigenvalue weighted by molar-refractivity contribution is 0.501. The highest BCUT2D eigenvalue weighted by atomic mass is 32.2. The molecule has 2 atom stereocenters. The molecule has 21 heavy (non-hydrogen) atoms. The van der Waals surface area contributed by atoms with Crippen molar-refractivity contribution in [2.45, 2.75) is 50.1 Å². The van der Waals surface area contributed by atoms with Crippen LogP contribution in [0.25, 0.3) is 11.0 Å². The van der Waals surface area contributed by atoms with Crippen molar-refractivity contribution >= 4 is 20.9 Å². The first-order valence-electron chi connectivity index (χ1n) is 6.63. The van der Waals surface area contributed by atoms with E-state index in [1.54, 1.807) is 10.6 Å². The number of nitrogens with zero attached hydrogens (tertiary/aromatic N) is 3. The van der Waals surface area contributed by atoms with Crippen molar-refractivity contribution in [3.05, 3.63) is 28.2 Å². The average Bonchev–Trinajstić information content (AvgIpc) is 2.85. The fraction of sp³-hybridized carbons (Fsp3) is 0.500. The summed E-state index contributed by atoms with van der Waals surface area (Å²) in [6.45, 7) is 1.82. The summed E-state index contributed by atoms with van der Waals surface area (Å²) in [6.07, 6.45) is 3.58. The van der Waals surface area contributed by atoms with E-state index in [0.29, 0.717) is 18.5 Å². The second kappa shape index (κ2) is 4.37. The number of fused-ring (bicyclic) bond motifs is 3. The van der Waals surface area contributed by atoms with Crippen LogP contribution in [0, 0.1) is 6.92 Å². The van der Waals surface area contributed by atoms with Gasteiger partial charge in [0.2, 0.25) is 15.0 Å². The van der Waals surface area contributed by atoms with Gasteiger partial charge in [0.05, 0.1) is 11.3 Å². The van der Waals surface area contributed by atoms with Crippen LogP contribution in [0.2, 0.25) is 0 Å². The number of aryl methyl sites for hydroxylation is 1. The summed E-state index contributed by atoms with van der Waals surface area (Å²) in [5, 5.41) is 0.0280. The molecule has 1 fully saturated rings. The lowest BCUT2D eigenvalue weighted by Gasteiger charge is -2.19. The second-order valence-electron chi connectivity index (χ2n) is 5.51. The van der Waals surface area contributed by atoms with Gasteiger partial charge in [-0.3, -0.25) is 9.36 Å². The van der Waals surface area contributed by atoms with Crippen molar-refractivity contribution in [1.82, 2.24) is 14.5 Å². The van der Waals surface area contributed by atoms with Gasteiger partial charge in [0.15, 0.2) is 0 Å². The Morgan fingerprint density at radius 2 is 2.10 bits per heavy atom. The van der Waals surface area contributed by atoms with E-state index >= 15 is 0 Å². The highest BCUT2D eigenvalue weighted by Crippen LogP contribution is 2.39. The van der Waals surface area contributed by atoms with Crippen molar-refractivity contribution in [3.63, 3.8) is 0 Å². The lowest BCUT2D eigenvalue weighted by atomic mass is 10.1. The zero-order chi connectivity index (χ0) is 14.1. The third-order valence-electron chi connectivity index (χ3n) is 4.38. The molecule has 2 bridgehead atoms. The van der Waals surface area contributed by atoms with Crippen LogP contribution in [0.5, 0.6) is 0 Å². The second-order valence-corrected chi connectivity index (χ2v) is 7.57. The maximum absolute atomic E-state index is 12.6. The Labute approximate surface area is 122 Å². The molecule has 2 aliphatic rings. The molecule has 6 nitrogen and oxygen atoms in total. The highest BCUT2D eigenvalue weighted by molar-refractivity contribution is 7.91. The van der Waals surface area contributed by atoms with E-state index in [-0.39, 0.29) is 24.2 Å². The maximum atomic E-state index is 12.6. The van der Waals surface area contributed by atoms with Crippen LogP contribution in [0.3, 0.4) is 0 Å². The molecule has 7 heteroatoms. The maximum Gasteiger partial charge on any atom is 0.252 e. The van der Waals surface area contributed by atoms with E-state index in [4.69, 9.17) is 0 Å². The molecule has 1 aliphatic carbocycles. The first-order chi connectivity index (χ1) is 9.50. The Morgan fingerprint density at radius 3 is 2.86 bits per heavy atom. The summed E-state index contributed by atoms with van der Waals surface area (Å²) in [7, 11) is -3.55. The van der Waals surface area contributed by atoms with Crippen LogP contribution in [0.4, 0.5) is 0 Å². The molecule has 2 aromatic heterocycles. The Kier molecular flexibility index (Phi) is 2.95. The standard InChI is InChI=1S/C13H13N3O3S.CH4/c1-7-5-11(17)16-9-3-2-4-10(9)20(18,19)13-14-6-8(7)12(16)15-13;/h5-6,9-10H,2-4H2,1H3;1H4. The van der Waals surface area contributed by atoms with Crippen molar-refractivity contribution < 1.29 is 8.42 Å². The van der Waals surface area contributed by atoms with Gasteiger partial charge < -0.3 is 0 Å². The minimum absolute atomic E-state index is 0. The predicted octanol–water partition coefficient (Wildman–Crippen LogP) is 1.62. The van der Waals surface area contributed by atoms with E-state index in [1.807, 2.05) is 6.92 Å². The molecule has 0 saturated heterocycles. The lowest BCUT2D eigenvalue weighted by Crippen LogP contribution is -2.32.